The van der Waals surface area contributed by atoms with Crippen molar-refractivity contribution in [3.63, 3.8) is 0 Å². The zero-order valence-electron chi connectivity index (χ0n) is 12.7. The van der Waals surface area contributed by atoms with Crippen LogP contribution in [0.5, 0.6) is 0 Å². The van der Waals surface area contributed by atoms with Gasteiger partial charge in [0, 0.05) is 37.3 Å². The first kappa shape index (κ1) is 14.8. The van der Waals surface area contributed by atoms with Crippen molar-refractivity contribution < 1.29 is 4.79 Å². The molecule has 0 spiro atoms. The highest BCUT2D eigenvalue weighted by Gasteiger charge is 2.28. The maximum atomic E-state index is 12.5. The maximum absolute atomic E-state index is 12.5. The van der Waals surface area contributed by atoms with Gasteiger partial charge in [0.15, 0.2) is 5.13 Å². The summed E-state index contributed by atoms with van der Waals surface area (Å²) in [6.07, 6.45) is 6.38. The van der Waals surface area contributed by atoms with E-state index in [9.17, 15) is 4.79 Å². The summed E-state index contributed by atoms with van der Waals surface area (Å²) in [5, 5.41) is 4.46. The van der Waals surface area contributed by atoms with Gasteiger partial charge in [-0.15, -0.1) is 11.3 Å². The van der Waals surface area contributed by atoms with Crippen LogP contribution in [0.3, 0.4) is 0 Å². The molecule has 21 heavy (non-hydrogen) atoms. The van der Waals surface area contributed by atoms with E-state index in [4.69, 9.17) is 0 Å². The third kappa shape index (κ3) is 3.37. The molecular weight excluding hydrogens is 284 g/mol. The lowest BCUT2D eigenvalue weighted by Crippen LogP contribution is -2.55. The van der Waals surface area contributed by atoms with Crippen LogP contribution in [0.15, 0.2) is 6.20 Å². The highest BCUT2D eigenvalue weighted by Crippen LogP contribution is 2.24. The first-order chi connectivity index (χ1) is 10.3. The van der Waals surface area contributed by atoms with E-state index in [1.807, 2.05) is 11.1 Å². The summed E-state index contributed by atoms with van der Waals surface area (Å²) in [4.78, 5) is 22.6. The topological polar surface area (TPSA) is 48.5 Å². The average molecular weight is 308 g/mol. The van der Waals surface area contributed by atoms with E-state index in [1.54, 1.807) is 11.3 Å². The summed E-state index contributed by atoms with van der Waals surface area (Å²) in [7, 11) is 0. The molecule has 2 aliphatic heterocycles. The summed E-state index contributed by atoms with van der Waals surface area (Å²) in [5.41, 5.74) is 0. The Hall–Kier alpha value is -1.14. The Morgan fingerprint density at radius 3 is 2.81 bits per heavy atom. The predicted molar refractivity (Wildman–Crippen MR) is 85.9 cm³/mol. The zero-order valence-corrected chi connectivity index (χ0v) is 13.5. The number of amides is 1. The highest BCUT2D eigenvalue weighted by atomic mass is 32.1. The van der Waals surface area contributed by atoms with E-state index in [0.29, 0.717) is 5.91 Å². The fourth-order valence-electron chi connectivity index (χ4n) is 3.01. The minimum atomic E-state index is 0.0526. The Morgan fingerprint density at radius 2 is 2.19 bits per heavy atom. The lowest BCUT2D eigenvalue weighted by Gasteiger charge is -2.37. The van der Waals surface area contributed by atoms with Gasteiger partial charge < -0.3 is 15.1 Å². The third-order valence-corrected chi connectivity index (χ3v) is 5.56. The Labute approximate surface area is 130 Å². The summed E-state index contributed by atoms with van der Waals surface area (Å²) in [6, 6.07) is 0.0526. The number of thiazole rings is 1. The van der Waals surface area contributed by atoms with Crippen LogP contribution in [0.25, 0.3) is 0 Å². The Bertz CT molecular complexity index is 476. The number of carbonyl (C=O) groups is 1. The normalized spacial score (nSPS) is 23.4. The van der Waals surface area contributed by atoms with E-state index < -0.39 is 0 Å². The van der Waals surface area contributed by atoms with Crippen LogP contribution in [-0.4, -0.2) is 54.6 Å². The molecule has 1 aromatic rings. The minimum Gasteiger partial charge on any atom is -0.345 e. The Kier molecular flexibility index (Phi) is 4.75. The number of hydrogen-bond acceptors (Lipinski definition) is 5. The highest BCUT2D eigenvalue weighted by molar-refractivity contribution is 7.15. The lowest BCUT2D eigenvalue weighted by molar-refractivity contribution is -0.134. The molecule has 3 heterocycles. The molecule has 1 amide bonds. The molecule has 0 aliphatic carbocycles. The number of hydrogen-bond donors (Lipinski definition) is 1. The number of aromatic nitrogens is 1. The van der Waals surface area contributed by atoms with E-state index >= 15 is 0 Å². The predicted octanol–water partition coefficient (Wildman–Crippen LogP) is 1.50. The smallest absolute Gasteiger partial charge is 0.239 e. The van der Waals surface area contributed by atoms with Crippen molar-refractivity contribution in [2.45, 2.75) is 38.6 Å². The van der Waals surface area contributed by atoms with Crippen molar-refractivity contribution >= 4 is 22.4 Å². The van der Waals surface area contributed by atoms with Crippen molar-refractivity contribution in [3.05, 3.63) is 11.1 Å². The second-order valence-corrected chi connectivity index (χ2v) is 6.87. The first-order valence-corrected chi connectivity index (χ1v) is 8.81. The fourth-order valence-corrected chi connectivity index (χ4v) is 3.91. The number of carbonyl (C=O) groups excluding carboxylic acids is 1. The first-order valence-electron chi connectivity index (χ1n) is 7.99. The van der Waals surface area contributed by atoms with Crippen LogP contribution in [-0.2, 0) is 11.2 Å². The molecule has 6 heteroatoms. The summed E-state index contributed by atoms with van der Waals surface area (Å²) < 4.78 is 0. The number of piperazine rings is 1. The molecule has 0 radical (unpaired) electrons. The van der Waals surface area contributed by atoms with Gasteiger partial charge in [0.2, 0.25) is 5.91 Å². The van der Waals surface area contributed by atoms with Gasteiger partial charge in [-0.1, -0.05) is 13.3 Å². The van der Waals surface area contributed by atoms with Gasteiger partial charge in [-0.2, -0.15) is 0 Å². The van der Waals surface area contributed by atoms with Crippen molar-refractivity contribution in [2.75, 3.05) is 37.6 Å². The van der Waals surface area contributed by atoms with Gasteiger partial charge >= 0.3 is 0 Å². The molecule has 0 unspecified atom stereocenters. The summed E-state index contributed by atoms with van der Waals surface area (Å²) in [6.45, 7) is 6.57. The van der Waals surface area contributed by atoms with E-state index in [0.717, 1.165) is 50.7 Å². The van der Waals surface area contributed by atoms with Crippen LogP contribution in [0, 0.1) is 0 Å². The molecule has 0 aromatic carbocycles. The van der Waals surface area contributed by atoms with Crippen molar-refractivity contribution in [1.29, 1.82) is 0 Å². The van der Waals surface area contributed by atoms with Crippen molar-refractivity contribution in [2.24, 2.45) is 0 Å². The van der Waals surface area contributed by atoms with Gasteiger partial charge in [-0.05, 0) is 25.8 Å². The largest absolute Gasteiger partial charge is 0.345 e. The van der Waals surface area contributed by atoms with E-state index in [-0.39, 0.29) is 6.04 Å². The van der Waals surface area contributed by atoms with Gasteiger partial charge in [-0.25, -0.2) is 4.98 Å². The molecular formula is C15H24N4OS. The number of nitrogens with zero attached hydrogens (tertiary/aromatic N) is 3. The van der Waals surface area contributed by atoms with Gasteiger partial charge in [0.05, 0.1) is 6.04 Å². The molecule has 1 aromatic heterocycles. The Morgan fingerprint density at radius 1 is 1.38 bits per heavy atom. The molecule has 1 atom stereocenters. The average Bonchev–Trinajstić information content (AvgIpc) is 3.04. The minimum absolute atomic E-state index is 0.0526. The number of nitrogens with one attached hydrogen (secondary N) is 1. The molecule has 1 N–H and O–H groups in total. The third-order valence-electron chi connectivity index (χ3n) is 4.36. The van der Waals surface area contributed by atoms with Crippen molar-refractivity contribution in [1.82, 2.24) is 15.2 Å². The van der Waals surface area contributed by atoms with Gasteiger partial charge in [0.25, 0.3) is 0 Å². The number of piperidine rings is 1. The molecule has 3 rings (SSSR count). The standard InChI is InChI=1S/C15H24N4OS/c1-2-12-11-17-15(21-12)19-9-7-18(8-10-19)14(20)13-5-3-4-6-16-13/h11,13,16H,2-10H2,1H3/t13-/m1/s1. The Balaban J connectivity index is 1.53. The van der Waals surface area contributed by atoms with Crippen molar-refractivity contribution in [3.8, 4) is 0 Å². The van der Waals surface area contributed by atoms with Gasteiger partial charge in [0.1, 0.15) is 0 Å². The molecule has 116 valence electrons. The number of rotatable bonds is 3. The number of anilines is 1. The van der Waals surface area contributed by atoms with E-state index in [2.05, 4.69) is 22.1 Å². The maximum Gasteiger partial charge on any atom is 0.239 e. The monoisotopic (exact) mass is 308 g/mol. The molecule has 0 saturated carbocycles. The van der Waals surface area contributed by atoms with Crippen LogP contribution in [0.1, 0.15) is 31.1 Å². The van der Waals surface area contributed by atoms with E-state index in [1.165, 1.54) is 17.7 Å². The SMILES string of the molecule is CCc1cnc(N2CCN(C(=O)[C@H]3CCCCN3)CC2)s1. The number of aryl methyl sites for hydroxylation is 1. The molecule has 2 fully saturated rings. The van der Waals surface area contributed by atoms with Crippen LogP contribution < -0.4 is 10.2 Å². The summed E-state index contributed by atoms with van der Waals surface area (Å²) in [5.74, 6) is 0.294. The molecule has 5 nitrogen and oxygen atoms in total. The van der Waals surface area contributed by atoms with Gasteiger partial charge in [-0.3, -0.25) is 4.79 Å². The second kappa shape index (κ2) is 6.75. The van der Waals surface area contributed by atoms with Crippen LogP contribution >= 0.6 is 11.3 Å². The second-order valence-electron chi connectivity index (χ2n) is 5.78. The molecule has 2 saturated heterocycles. The zero-order chi connectivity index (χ0) is 14.7. The molecule has 2 aliphatic rings. The lowest BCUT2D eigenvalue weighted by atomic mass is 10.0. The quantitative estimate of drug-likeness (QED) is 0.919. The fraction of sp³-hybridized carbons (Fsp3) is 0.733. The van der Waals surface area contributed by atoms with Crippen LogP contribution in [0.4, 0.5) is 5.13 Å². The molecule has 0 bridgehead atoms. The summed E-state index contributed by atoms with van der Waals surface area (Å²) >= 11 is 1.78. The van der Waals surface area contributed by atoms with Crippen LogP contribution in [0.2, 0.25) is 0 Å².